The van der Waals surface area contributed by atoms with Crippen LogP contribution in [-0.4, -0.2) is 13.0 Å². The van der Waals surface area contributed by atoms with Gasteiger partial charge in [0.2, 0.25) is 0 Å². The standard InChI is InChI=1S/C19H14O4S/c20-24(21,22)19(14-8-2-1-3-9-14)15-10-4-6-12-17(15)23-18-13-7-5-11-16(18)19/h1-13H,(H,20,21,22). The van der Waals surface area contributed by atoms with Crippen molar-refractivity contribution in [2.24, 2.45) is 0 Å². The summed E-state index contributed by atoms with van der Waals surface area (Å²) in [6.07, 6.45) is 0. The smallest absolute Gasteiger partial charge is 0.283 e. The van der Waals surface area contributed by atoms with E-state index < -0.39 is 14.9 Å². The van der Waals surface area contributed by atoms with Gasteiger partial charge in [0.25, 0.3) is 10.1 Å². The molecule has 0 amide bonds. The van der Waals surface area contributed by atoms with Gasteiger partial charge in [0.1, 0.15) is 11.5 Å². The number of hydrogen-bond acceptors (Lipinski definition) is 3. The fourth-order valence-electron chi connectivity index (χ4n) is 3.37. The lowest BCUT2D eigenvalue weighted by atomic mass is 9.81. The van der Waals surface area contributed by atoms with Gasteiger partial charge in [-0.25, -0.2) is 0 Å². The first-order valence-electron chi connectivity index (χ1n) is 7.44. The minimum atomic E-state index is -4.55. The predicted molar refractivity (Wildman–Crippen MR) is 90.8 cm³/mol. The van der Waals surface area contributed by atoms with Gasteiger partial charge in [-0.1, -0.05) is 66.7 Å². The summed E-state index contributed by atoms with van der Waals surface area (Å²) in [5.74, 6) is 0.829. The predicted octanol–water partition coefficient (Wildman–Crippen LogP) is 3.97. The molecule has 5 heteroatoms. The molecule has 0 aliphatic carbocycles. The molecule has 0 radical (unpaired) electrons. The molecule has 1 heterocycles. The van der Waals surface area contributed by atoms with Crippen molar-refractivity contribution in [3.05, 3.63) is 95.6 Å². The van der Waals surface area contributed by atoms with Gasteiger partial charge < -0.3 is 4.74 Å². The first-order valence-corrected chi connectivity index (χ1v) is 8.88. The highest BCUT2D eigenvalue weighted by atomic mass is 32.2. The summed E-state index contributed by atoms with van der Waals surface area (Å²) in [6.45, 7) is 0. The van der Waals surface area contributed by atoms with Crippen LogP contribution in [0.3, 0.4) is 0 Å². The van der Waals surface area contributed by atoms with Crippen molar-refractivity contribution >= 4 is 10.1 Å². The van der Waals surface area contributed by atoms with Crippen LogP contribution in [0.15, 0.2) is 78.9 Å². The second kappa shape index (κ2) is 5.19. The Bertz CT molecular complexity index is 965. The normalized spacial score (nSPS) is 15.0. The molecule has 0 unspecified atom stereocenters. The molecule has 24 heavy (non-hydrogen) atoms. The highest BCUT2D eigenvalue weighted by molar-refractivity contribution is 7.87. The first kappa shape index (κ1) is 14.9. The van der Waals surface area contributed by atoms with Crippen LogP contribution in [0.4, 0.5) is 0 Å². The molecule has 3 aromatic rings. The summed E-state index contributed by atoms with van der Waals surface area (Å²) in [7, 11) is -4.55. The first-order chi connectivity index (χ1) is 11.5. The molecule has 0 atom stereocenters. The average Bonchev–Trinajstić information content (AvgIpc) is 2.59. The van der Waals surface area contributed by atoms with Gasteiger partial charge in [-0.2, -0.15) is 8.42 Å². The van der Waals surface area contributed by atoms with Crippen molar-refractivity contribution in [3.63, 3.8) is 0 Å². The molecule has 1 aliphatic heterocycles. The minimum Gasteiger partial charge on any atom is -0.457 e. The van der Waals surface area contributed by atoms with E-state index >= 15 is 0 Å². The topological polar surface area (TPSA) is 63.6 Å². The van der Waals surface area contributed by atoms with Crippen LogP contribution in [0.2, 0.25) is 0 Å². The van der Waals surface area contributed by atoms with Crippen molar-refractivity contribution in [1.29, 1.82) is 0 Å². The largest absolute Gasteiger partial charge is 0.457 e. The third-order valence-corrected chi connectivity index (χ3v) is 5.77. The minimum absolute atomic E-state index is 0.400. The Labute approximate surface area is 140 Å². The number of benzene rings is 3. The van der Waals surface area contributed by atoms with Crippen LogP contribution in [0.5, 0.6) is 11.5 Å². The van der Waals surface area contributed by atoms with Gasteiger partial charge in [0.05, 0.1) is 0 Å². The third kappa shape index (κ3) is 1.92. The maximum Gasteiger partial charge on any atom is 0.283 e. The van der Waals surface area contributed by atoms with E-state index in [4.69, 9.17) is 4.74 Å². The second-order valence-electron chi connectivity index (χ2n) is 5.62. The van der Waals surface area contributed by atoms with Crippen LogP contribution >= 0.6 is 0 Å². The van der Waals surface area contributed by atoms with Crippen molar-refractivity contribution in [2.75, 3.05) is 0 Å². The van der Waals surface area contributed by atoms with Gasteiger partial charge >= 0.3 is 0 Å². The van der Waals surface area contributed by atoms with Crippen LogP contribution in [0, 0.1) is 0 Å². The highest BCUT2D eigenvalue weighted by Crippen LogP contribution is 2.54. The van der Waals surface area contributed by atoms with E-state index in [1.54, 1.807) is 78.9 Å². The van der Waals surface area contributed by atoms with Gasteiger partial charge in [0.15, 0.2) is 4.75 Å². The van der Waals surface area contributed by atoms with Crippen LogP contribution in [0.1, 0.15) is 16.7 Å². The zero-order valence-corrected chi connectivity index (χ0v) is 13.4. The Balaban J connectivity index is 2.22. The molecule has 0 saturated heterocycles. The molecule has 4 rings (SSSR count). The van der Waals surface area contributed by atoms with Crippen molar-refractivity contribution < 1.29 is 17.7 Å². The molecule has 4 nitrogen and oxygen atoms in total. The summed E-state index contributed by atoms with van der Waals surface area (Å²) in [5, 5.41) is 0. The highest BCUT2D eigenvalue weighted by Gasteiger charge is 2.53. The monoisotopic (exact) mass is 338 g/mol. The van der Waals surface area contributed by atoms with E-state index in [1.165, 1.54) is 0 Å². The summed E-state index contributed by atoms with van der Waals surface area (Å²) in [4.78, 5) is 0. The third-order valence-electron chi connectivity index (χ3n) is 4.32. The SMILES string of the molecule is O=S(=O)(O)C1(c2ccccc2)c2ccccc2Oc2ccccc21. The van der Waals surface area contributed by atoms with Crippen molar-refractivity contribution in [2.45, 2.75) is 4.75 Å². The zero-order valence-electron chi connectivity index (χ0n) is 12.6. The van der Waals surface area contributed by atoms with Crippen molar-refractivity contribution in [1.82, 2.24) is 0 Å². The summed E-state index contributed by atoms with van der Waals surface area (Å²) < 4.78 is 40.0. The maximum atomic E-state index is 12.7. The fourth-order valence-corrected chi connectivity index (χ4v) is 4.69. The average molecular weight is 338 g/mol. The van der Waals surface area contributed by atoms with Crippen LogP contribution < -0.4 is 4.74 Å². The molecule has 0 saturated carbocycles. The summed E-state index contributed by atoms with van der Waals surface area (Å²) >= 11 is 0. The molecule has 1 N–H and O–H groups in total. The molecule has 0 spiro atoms. The molecular formula is C19H14O4S. The molecule has 0 fully saturated rings. The van der Waals surface area contributed by atoms with E-state index in [1.807, 2.05) is 0 Å². The quantitative estimate of drug-likeness (QED) is 0.718. The van der Waals surface area contributed by atoms with Crippen molar-refractivity contribution in [3.8, 4) is 11.5 Å². The molecule has 0 aromatic heterocycles. The lowest BCUT2D eigenvalue weighted by Gasteiger charge is -2.37. The molecular weight excluding hydrogens is 324 g/mol. The molecule has 0 bridgehead atoms. The summed E-state index contributed by atoms with van der Waals surface area (Å²) in [6, 6.07) is 22.5. The maximum absolute atomic E-state index is 12.7. The van der Waals surface area contributed by atoms with Crippen LogP contribution in [-0.2, 0) is 14.9 Å². The zero-order chi connectivity index (χ0) is 16.8. The molecule has 120 valence electrons. The Morgan fingerprint density at radius 1 is 0.708 bits per heavy atom. The number of para-hydroxylation sites is 2. The Morgan fingerprint density at radius 3 is 1.67 bits per heavy atom. The second-order valence-corrected chi connectivity index (χ2v) is 7.18. The van der Waals surface area contributed by atoms with E-state index in [0.29, 0.717) is 28.2 Å². The van der Waals surface area contributed by atoms with Gasteiger partial charge in [-0.3, -0.25) is 4.55 Å². The van der Waals surface area contributed by atoms with Crippen LogP contribution in [0.25, 0.3) is 0 Å². The number of hydrogen-bond donors (Lipinski definition) is 1. The fraction of sp³-hybridized carbons (Fsp3) is 0.0526. The van der Waals surface area contributed by atoms with E-state index in [9.17, 15) is 13.0 Å². The Kier molecular flexibility index (Phi) is 3.23. The lowest BCUT2D eigenvalue weighted by molar-refractivity contribution is 0.417. The van der Waals surface area contributed by atoms with E-state index in [-0.39, 0.29) is 0 Å². The summed E-state index contributed by atoms with van der Waals surface area (Å²) in [5.41, 5.74) is 1.27. The molecule has 1 aliphatic rings. The lowest BCUT2D eigenvalue weighted by Crippen LogP contribution is -2.40. The number of fused-ring (bicyclic) bond motifs is 2. The Hall–Kier alpha value is -2.63. The van der Waals surface area contributed by atoms with E-state index in [0.717, 1.165) is 0 Å². The Morgan fingerprint density at radius 2 is 1.17 bits per heavy atom. The number of rotatable bonds is 2. The van der Waals surface area contributed by atoms with E-state index in [2.05, 4.69) is 0 Å². The van der Waals surface area contributed by atoms with Gasteiger partial charge in [0, 0.05) is 11.1 Å². The van der Waals surface area contributed by atoms with Gasteiger partial charge in [-0.15, -0.1) is 0 Å². The van der Waals surface area contributed by atoms with Gasteiger partial charge in [-0.05, 0) is 17.7 Å². The number of ether oxygens (including phenoxy) is 1. The molecule has 3 aromatic carbocycles.